The number of likely N-dealkylation sites (N-methyl/N-ethyl adjacent to an activating group) is 1. The molecule has 1 aliphatic rings. The molecule has 1 amide bonds. The Hall–Kier alpha value is -2.70. The van der Waals surface area contributed by atoms with Gasteiger partial charge in [0.2, 0.25) is 0 Å². The normalized spacial score (nSPS) is 22.9. The molecule has 1 aromatic carbocycles. The van der Waals surface area contributed by atoms with E-state index in [9.17, 15) is 14.9 Å². The maximum atomic E-state index is 11.8. The number of carbonyl (C=O) groups excluding carboxylic acids is 1. The van der Waals surface area contributed by atoms with E-state index in [-0.39, 0.29) is 0 Å². The fourth-order valence-corrected chi connectivity index (χ4v) is 1.93. The molecule has 104 valence electrons. The Bertz CT molecular complexity index is 583. The van der Waals surface area contributed by atoms with Crippen molar-refractivity contribution in [2.45, 2.75) is 12.1 Å². The van der Waals surface area contributed by atoms with Crippen LogP contribution in [0.25, 0.3) is 5.70 Å². The predicted molar refractivity (Wildman–Crippen MR) is 74.4 cm³/mol. The monoisotopic (exact) mass is 274 g/mol. The summed E-state index contributed by atoms with van der Waals surface area (Å²) in [5.74, 6) is -0.605. The molecule has 1 aliphatic heterocycles. The summed E-state index contributed by atoms with van der Waals surface area (Å²) < 4.78 is 0. The average molecular weight is 274 g/mol. The molecule has 0 spiro atoms. The molecule has 0 saturated heterocycles. The smallest absolute Gasteiger partial charge is 0.315 e. The van der Waals surface area contributed by atoms with Crippen molar-refractivity contribution in [1.29, 1.82) is 0 Å². The van der Waals surface area contributed by atoms with Crippen LogP contribution in [0.1, 0.15) is 5.56 Å². The number of nitro groups is 1. The van der Waals surface area contributed by atoms with Gasteiger partial charge in [0, 0.05) is 17.7 Å². The van der Waals surface area contributed by atoms with Crippen LogP contribution in [0.15, 0.2) is 41.4 Å². The molecule has 2 atom stereocenters. The SMILES string of the molecule is CN1C=NC(/C=C(\N)c2ccccc2)C([N+](=O)[O-])C1=O. The van der Waals surface area contributed by atoms with Gasteiger partial charge in [0.05, 0.1) is 6.34 Å². The number of amides is 1. The molecule has 1 heterocycles. The number of nitrogens with zero attached hydrogens (tertiary/aromatic N) is 3. The van der Waals surface area contributed by atoms with Crippen LogP contribution in [0.5, 0.6) is 0 Å². The molecule has 2 unspecified atom stereocenters. The van der Waals surface area contributed by atoms with Gasteiger partial charge in [-0.1, -0.05) is 30.3 Å². The summed E-state index contributed by atoms with van der Waals surface area (Å²) in [6.07, 6.45) is 2.73. The fraction of sp³-hybridized carbons (Fsp3) is 0.231. The highest BCUT2D eigenvalue weighted by atomic mass is 16.6. The van der Waals surface area contributed by atoms with Crippen LogP contribution in [0.2, 0.25) is 0 Å². The van der Waals surface area contributed by atoms with Crippen LogP contribution in [-0.4, -0.2) is 41.2 Å². The second-order valence-corrected chi connectivity index (χ2v) is 4.42. The third-order valence-corrected chi connectivity index (χ3v) is 3.02. The zero-order valence-electron chi connectivity index (χ0n) is 10.8. The fourth-order valence-electron chi connectivity index (χ4n) is 1.93. The van der Waals surface area contributed by atoms with Crippen LogP contribution in [-0.2, 0) is 4.79 Å². The number of rotatable bonds is 3. The largest absolute Gasteiger partial charge is 0.398 e. The Morgan fingerprint density at radius 1 is 1.45 bits per heavy atom. The Labute approximate surface area is 115 Å². The first-order chi connectivity index (χ1) is 9.50. The van der Waals surface area contributed by atoms with Gasteiger partial charge < -0.3 is 10.6 Å². The van der Waals surface area contributed by atoms with Gasteiger partial charge in [-0.3, -0.25) is 19.9 Å². The summed E-state index contributed by atoms with van der Waals surface area (Å²) in [4.78, 5) is 27.4. The molecule has 20 heavy (non-hydrogen) atoms. The van der Waals surface area contributed by atoms with Gasteiger partial charge >= 0.3 is 11.9 Å². The zero-order chi connectivity index (χ0) is 14.7. The van der Waals surface area contributed by atoms with E-state index in [0.29, 0.717) is 5.70 Å². The topological polar surface area (TPSA) is 102 Å². The summed E-state index contributed by atoms with van der Waals surface area (Å²) in [6.45, 7) is 0. The van der Waals surface area contributed by atoms with Crippen molar-refractivity contribution < 1.29 is 9.72 Å². The highest BCUT2D eigenvalue weighted by Gasteiger charge is 2.42. The molecule has 1 aromatic rings. The summed E-state index contributed by atoms with van der Waals surface area (Å²) in [5.41, 5.74) is 7.00. The van der Waals surface area contributed by atoms with Crippen molar-refractivity contribution in [1.82, 2.24) is 4.90 Å². The number of benzene rings is 1. The van der Waals surface area contributed by atoms with E-state index in [4.69, 9.17) is 5.73 Å². The number of hydrogen-bond donors (Lipinski definition) is 1. The van der Waals surface area contributed by atoms with Crippen LogP contribution in [0, 0.1) is 10.1 Å². The highest BCUT2D eigenvalue weighted by molar-refractivity contribution is 5.93. The summed E-state index contributed by atoms with van der Waals surface area (Å²) in [7, 11) is 1.43. The first-order valence-corrected chi connectivity index (χ1v) is 5.97. The summed E-state index contributed by atoms with van der Waals surface area (Å²) >= 11 is 0. The van der Waals surface area contributed by atoms with Gasteiger partial charge in [0.25, 0.3) is 0 Å². The Morgan fingerprint density at radius 3 is 2.70 bits per heavy atom. The lowest BCUT2D eigenvalue weighted by atomic mass is 10.0. The molecule has 0 aromatic heterocycles. The first-order valence-electron chi connectivity index (χ1n) is 5.97. The van der Waals surface area contributed by atoms with Crippen LogP contribution < -0.4 is 5.73 Å². The van der Waals surface area contributed by atoms with Gasteiger partial charge in [-0.25, -0.2) is 0 Å². The Balaban J connectivity index is 2.33. The Kier molecular flexibility index (Phi) is 3.79. The van der Waals surface area contributed by atoms with Gasteiger partial charge in [0.15, 0.2) is 0 Å². The molecule has 0 saturated carbocycles. The van der Waals surface area contributed by atoms with Gasteiger partial charge in [-0.05, 0) is 11.6 Å². The minimum atomic E-state index is -1.44. The highest BCUT2D eigenvalue weighted by Crippen LogP contribution is 2.16. The van der Waals surface area contributed by atoms with Gasteiger partial charge in [-0.2, -0.15) is 0 Å². The predicted octanol–water partition coefficient (Wildman–Crippen LogP) is 0.500. The van der Waals surface area contributed by atoms with Crippen LogP contribution >= 0.6 is 0 Å². The van der Waals surface area contributed by atoms with E-state index < -0.39 is 22.9 Å². The van der Waals surface area contributed by atoms with E-state index >= 15 is 0 Å². The second-order valence-electron chi connectivity index (χ2n) is 4.42. The molecule has 7 heteroatoms. The van der Waals surface area contributed by atoms with E-state index in [1.54, 1.807) is 12.1 Å². The third kappa shape index (κ3) is 2.66. The van der Waals surface area contributed by atoms with Crippen LogP contribution in [0.3, 0.4) is 0 Å². The van der Waals surface area contributed by atoms with E-state index in [0.717, 1.165) is 10.5 Å². The number of aliphatic imine (C=N–C) groups is 1. The van der Waals surface area contributed by atoms with Crippen molar-refractivity contribution in [2.24, 2.45) is 10.7 Å². The summed E-state index contributed by atoms with van der Waals surface area (Å²) in [5, 5.41) is 11.1. The van der Waals surface area contributed by atoms with Crippen molar-refractivity contribution in [3.63, 3.8) is 0 Å². The molecule has 0 bridgehead atoms. The van der Waals surface area contributed by atoms with Gasteiger partial charge in [-0.15, -0.1) is 0 Å². The number of hydrogen-bond acceptors (Lipinski definition) is 5. The third-order valence-electron chi connectivity index (χ3n) is 3.02. The molecule has 2 rings (SSSR count). The molecular weight excluding hydrogens is 260 g/mol. The lowest BCUT2D eigenvalue weighted by molar-refractivity contribution is -0.510. The van der Waals surface area contributed by atoms with Gasteiger partial charge in [0.1, 0.15) is 6.04 Å². The van der Waals surface area contributed by atoms with E-state index in [1.165, 1.54) is 19.5 Å². The molecule has 0 fully saturated rings. The minimum absolute atomic E-state index is 0.358. The molecular formula is C13H14N4O3. The van der Waals surface area contributed by atoms with E-state index in [2.05, 4.69) is 4.99 Å². The minimum Gasteiger partial charge on any atom is -0.398 e. The summed E-state index contributed by atoms with van der Waals surface area (Å²) in [6, 6.07) is 6.70. The van der Waals surface area contributed by atoms with Crippen molar-refractivity contribution in [3.8, 4) is 0 Å². The average Bonchev–Trinajstić information content (AvgIpc) is 2.43. The zero-order valence-corrected chi connectivity index (χ0v) is 10.8. The second kappa shape index (κ2) is 5.52. The molecule has 7 nitrogen and oxygen atoms in total. The number of nitrogens with two attached hydrogens (primary N) is 1. The molecule has 2 N–H and O–H groups in total. The maximum absolute atomic E-state index is 11.8. The number of carbonyl (C=O) groups is 1. The first kappa shape index (κ1) is 13.7. The molecule has 0 aliphatic carbocycles. The lowest BCUT2D eigenvalue weighted by Crippen LogP contribution is -2.50. The van der Waals surface area contributed by atoms with Crippen molar-refractivity contribution in [2.75, 3.05) is 7.05 Å². The molecule has 0 radical (unpaired) electrons. The Morgan fingerprint density at radius 2 is 2.10 bits per heavy atom. The van der Waals surface area contributed by atoms with Crippen molar-refractivity contribution in [3.05, 3.63) is 52.1 Å². The van der Waals surface area contributed by atoms with Crippen molar-refractivity contribution >= 4 is 17.9 Å². The van der Waals surface area contributed by atoms with Crippen LogP contribution in [0.4, 0.5) is 0 Å². The quantitative estimate of drug-likeness (QED) is 0.640. The standard InChI is InChI=1S/C13H14N4O3/c1-16-8-15-11(12(13(16)18)17(19)20)7-10(14)9-5-3-2-4-6-9/h2-8,11-12H,14H2,1H3/b10-7-. The van der Waals surface area contributed by atoms with E-state index in [1.807, 2.05) is 18.2 Å². The maximum Gasteiger partial charge on any atom is 0.315 e. The lowest BCUT2D eigenvalue weighted by Gasteiger charge is -2.23.